The van der Waals surface area contributed by atoms with Crippen LogP contribution in [0, 0.1) is 6.92 Å². The maximum absolute atomic E-state index is 13.9. The molecule has 146 valence electrons. The van der Waals surface area contributed by atoms with Gasteiger partial charge in [0, 0.05) is 24.7 Å². The van der Waals surface area contributed by atoms with E-state index in [0.717, 1.165) is 49.4 Å². The Hall–Kier alpha value is -2.31. The highest BCUT2D eigenvalue weighted by Gasteiger charge is 2.37. The molecule has 2 aliphatic heterocycles. The molecule has 3 aromatic rings. The molecule has 3 atom stereocenters. The Morgan fingerprint density at radius 2 is 2.14 bits per heavy atom. The van der Waals surface area contributed by atoms with Crippen molar-refractivity contribution in [3.8, 4) is 11.5 Å². The van der Waals surface area contributed by atoms with Crippen LogP contribution in [0.2, 0.25) is 0 Å². The molecule has 0 aliphatic carbocycles. The van der Waals surface area contributed by atoms with Crippen LogP contribution < -0.4 is 9.47 Å². The lowest BCUT2D eigenvalue weighted by atomic mass is 9.93. The number of aryl methyl sites for hydroxylation is 1. The van der Waals surface area contributed by atoms with Gasteiger partial charge in [0.2, 0.25) is 0 Å². The topological polar surface area (TPSA) is 64.8 Å². The number of hydrogen-bond donors (Lipinski definition) is 0. The Bertz CT molecular complexity index is 1040. The van der Waals surface area contributed by atoms with Gasteiger partial charge in [-0.2, -0.15) is 14.5 Å². The van der Waals surface area contributed by atoms with E-state index in [2.05, 4.69) is 26.0 Å². The van der Waals surface area contributed by atoms with Crippen molar-refractivity contribution in [1.29, 1.82) is 0 Å². The van der Waals surface area contributed by atoms with Gasteiger partial charge in [-0.05, 0) is 59.3 Å². The van der Waals surface area contributed by atoms with Gasteiger partial charge < -0.3 is 9.47 Å². The predicted molar refractivity (Wildman–Crippen MR) is 104 cm³/mol. The number of hydrogen-bond acceptors (Lipinski definition) is 6. The molecule has 1 fully saturated rings. The van der Waals surface area contributed by atoms with Crippen LogP contribution in [-0.2, 0) is 6.54 Å². The van der Waals surface area contributed by atoms with Crippen molar-refractivity contribution in [2.24, 2.45) is 0 Å². The Kier molecular flexibility index (Phi) is 4.21. The lowest BCUT2D eigenvalue weighted by molar-refractivity contribution is -0.104. The normalized spacial score (nSPS) is 24.8. The van der Waals surface area contributed by atoms with E-state index in [4.69, 9.17) is 9.47 Å². The first-order chi connectivity index (χ1) is 13.5. The molecular formula is C19H21FN5O2P. The van der Waals surface area contributed by atoms with E-state index in [1.54, 1.807) is 12.4 Å². The second-order valence-corrected chi connectivity index (χ2v) is 8.13. The predicted octanol–water partition coefficient (Wildman–Crippen LogP) is 3.04. The number of likely N-dealkylation sites (tertiary alicyclic amines) is 1. The average Bonchev–Trinajstić information content (AvgIpc) is 3.23. The highest BCUT2D eigenvalue weighted by Crippen LogP contribution is 2.43. The van der Waals surface area contributed by atoms with Crippen molar-refractivity contribution in [3.05, 3.63) is 47.5 Å². The maximum Gasteiger partial charge on any atom is 0.418 e. The van der Waals surface area contributed by atoms with Crippen LogP contribution in [0.25, 0.3) is 5.78 Å². The van der Waals surface area contributed by atoms with E-state index in [9.17, 15) is 4.39 Å². The van der Waals surface area contributed by atoms with Crippen LogP contribution in [0.5, 0.6) is 11.5 Å². The first-order valence-corrected chi connectivity index (χ1v) is 9.93. The van der Waals surface area contributed by atoms with Crippen LogP contribution >= 0.6 is 9.24 Å². The van der Waals surface area contributed by atoms with Gasteiger partial charge in [0.15, 0.2) is 11.5 Å². The minimum atomic E-state index is -2.17. The van der Waals surface area contributed by atoms with E-state index in [0.29, 0.717) is 23.2 Å². The van der Waals surface area contributed by atoms with Gasteiger partial charge in [0.25, 0.3) is 5.78 Å². The van der Waals surface area contributed by atoms with E-state index in [-0.39, 0.29) is 0 Å². The van der Waals surface area contributed by atoms with Gasteiger partial charge in [-0.15, -0.1) is 0 Å². The van der Waals surface area contributed by atoms with Gasteiger partial charge in [0.1, 0.15) is 6.33 Å². The van der Waals surface area contributed by atoms with Crippen molar-refractivity contribution in [3.63, 3.8) is 0 Å². The fourth-order valence-corrected chi connectivity index (χ4v) is 4.34. The number of rotatable bonds is 3. The zero-order valence-electron chi connectivity index (χ0n) is 15.5. The Morgan fingerprint density at radius 1 is 1.29 bits per heavy atom. The highest BCUT2D eigenvalue weighted by atomic mass is 31.0. The molecule has 3 unspecified atom stereocenters. The molecule has 4 heterocycles. The van der Waals surface area contributed by atoms with Crippen molar-refractivity contribution < 1.29 is 13.9 Å². The van der Waals surface area contributed by atoms with Crippen LogP contribution in [-0.4, -0.2) is 43.4 Å². The first-order valence-electron chi connectivity index (χ1n) is 9.35. The maximum atomic E-state index is 13.9. The molecule has 28 heavy (non-hydrogen) atoms. The molecule has 0 spiro atoms. The van der Waals surface area contributed by atoms with E-state index >= 15 is 0 Å². The summed E-state index contributed by atoms with van der Waals surface area (Å²) in [6, 6.07) is 7.69. The summed E-state index contributed by atoms with van der Waals surface area (Å²) in [6.45, 7) is 4.70. The van der Waals surface area contributed by atoms with Crippen LogP contribution in [0.4, 0.5) is 4.39 Å². The molecule has 0 N–H and O–H groups in total. The standard InChI is InChI=1S/C19H21FN5O2P/c1-12-7-15(25-18(23-12)21-11-22-25)14-3-2-6-24(10-14)9-13-4-5-16-17(8-13)27-19(20,28)26-16/h4-5,7-8,11,14H,2-3,6,9-10,28H2,1H3. The highest BCUT2D eigenvalue weighted by molar-refractivity contribution is 7.18. The van der Waals surface area contributed by atoms with Crippen molar-refractivity contribution in [2.45, 2.75) is 38.0 Å². The van der Waals surface area contributed by atoms with Gasteiger partial charge in [-0.1, -0.05) is 6.07 Å². The molecule has 1 aromatic carbocycles. The third-order valence-corrected chi connectivity index (χ3v) is 5.48. The molecule has 1 saturated heterocycles. The molecule has 2 aromatic heterocycles. The number of benzene rings is 1. The number of piperidine rings is 1. The van der Waals surface area contributed by atoms with Gasteiger partial charge >= 0.3 is 5.78 Å². The summed E-state index contributed by atoms with van der Waals surface area (Å²) in [7, 11) is 1.93. The summed E-state index contributed by atoms with van der Waals surface area (Å²) in [5.74, 6) is -0.287. The molecule has 5 rings (SSSR count). The van der Waals surface area contributed by atoms with Crippen molar-refractivity contribution in [1.82, 2.24) is 24.5 Å². The quantitative estimate of drug-likeness (QED) is 0.629. The number of halogens is 1. The summed E-state index contributed by atoms with van der Waals surface area (Å²) in [4.78, 5) is 11.1. The zero-order chi connectivity index (χ0) is 19.3. The minimum Gasteiger partial charge on any atom is -0.420 e. The zero-order valence-corrected chi connectivity index (χ0v) is 16.7. The summed E-state index contributed by atoms with van der Waals surface area (Å²) in [6.07, 6.45) is 3.76. The average molecular weight is 401 g/mol. The molecule has 2 aliphatic rings. The second-order valence-electron chi connectivity index (χ2n) is 7.44. The molecule has 0 bridgehead atoms. The number of ether oxygens (including phenoxy) is 2. The molecule has 7 nitrogen and oxygen atoms in total. The van der Waals surface area contributed by atoms with Gasteiger partial charge in [-0.3, -0.25) is 4.90 Å². The summed E-state index contributed by atoms with van der Waals surface area (Å²) in [5.41, 5.74) is 3.18. The largest absolute Gasteiger partial charge is 0.420 e. The van der Waals surface area contributed by atoms with E-state index in [1.807, 2.05) is 32.8 Å². The third kappa shape index (κ3) is 3.31. The summed E-state index contributed by atoms with van der Waals surface area (Å²) < 4.78 is 26.0. The molecule has 0 radical (unpaired) electrons. The first kappa shape index (κ1) is 17.8. The van der Waals surface area contributed by atoms with E-state index < -0.39 is 5.78 Å². The smallest absolute Gasteiger partial charge is 0.418 e. The fourth-order valence-electron chi connectivity index (χ4n) is 4.08. The Balaban J connectivity index is 1.35. The second kappa shape index (κ2) is 6.64. The van der Waals surface area contributed by atoms with E-state index in [1.165, 1.54) is 0 Å². The lowest BCUT2D eigenvalue weighted by Gasteiger charge is -2.33. The lowest BCUT2D eigenvalue weighted by Crippen LogP contribution is -2.34. The van der Waals surface area contributed by atoms with Crippen LogP contribution in [0.3, 0.4) is 0 Å². The summed E-state index contributed by atoms with van der Waals surface area (Å²) >= 11 is 0. The summed E-state index contributed by atoms with van der Waals surface area (Å²) in [5, 5.41) is 4.35. The number of aromatic nitrogens is 4. The minimum absolute atomic E-state index is 0.360. The Labute approximate surface area is 164 Å². The van der Waals surface area contributed by atoms with Crippen molar-refractivity contribution >= 4 is 15.0 Å². The molecule has 9 heteroatoms. The Morgan fingerprint density at radius 3 is 3.04 bits per heavy atom. The third-order valence-electron chi connectivity index (χ3n) is 5.24. The van der Waals surface area contributed by atoms with Crippen LogP contribution in [0.1, 0.15) is 35.7 Å². The number of fused-ring (bicyclic) bond motifs is 2. The van der Waals surface area contributed by atoms with Crippen LogP contribution in [0.15, 0.2) is 30.6 Å². The molecular weight excluding hydrogens is 380 g/mol. The van der Waals surface area contributed by atoms with Gasteiger partial charge in [0.05, 0.1) is 5.69 Å². The molecule has 0 saturated carbocycles. The molecule has 0 amide bonds. The number of alkyl halides is 1. The van der Waals surface area contributed by atoms with Gasteiger partial charge in [-0.25, -0.2) is 9.50 Å². The SMILES string of the molecule is Cc1cc(C2CCCN(Cc3ccc4c(c3)OC(F)(P)O4)C2)n2ncnc2n1. The van der Waals surface area contributed by atoms with Crippen molar-refractivity contribution in [2.75, 3.05) is 13.1 Å². The monoisotopic (exact) mass is 401 g/mol. The fraction of sp³-hybridized carbons (Fsp3) is 0.421. The number of nitrogens with zero attached hydrogens (tertiary/aromatic N) is 5.